The molecule has 0 fully saturated rings. The van der Waals surface area contributed by atoms with Crippen LogP contribution in [-0.2, 0) is 25.6 Å². The molecule has 0 aliphatic heterocycles. The Hall–Kier alpha value is -2.88. The maximum atomic E-state index is 12.5. The molecule has 0 aliphatic carbocycles. The highest BCUT2D eigenvalue weighted by Crippen LogP contribution is 2.12. The molecule has 0 heterocycles. The predicted molar refractivity (Wildman–Crippen MR) is 129 cm³/mol. The monoisotopic (exact) mass is 481 g/mol. The highest BCUT2D eigenvalue weighted by atomic mass is 32.1. The van der Waals surface area contributed by atoms with Gasteiger partial charge in [0.15, 0.2) is 5.11 Å². The second kappa shape index (κ2) is 13.0. The van der Waals surface area contributed by atoms with Crippen LogP contribution in [0.2, 0.25) is 0 Å². The molecule has 0 saturated carbocycles. The fourth-order valence-electron chi connectivity index (χ4n) is 2.48. The number of rotatable bonds is 8. The Bertz CT molecular complexity index is 803. The zero-order valence-electron chi connectivity index (χ0n) is 20.2. The van der Waals surface area contributed by atoms with Crippen molar-refractivity contribution in [3.8, 4) is 0 Å². The Morgan fingerprint density at radius 2 is 1.55 bits per heavy atom. The molecule has 184 valence electrons. The van der Waals surface area contributed by atoms with Gasteiger partial charge < -0.3 is 24.8 Å². The first-order valence-corrected chi connectivity index (χ1v) is 11.1. The van der Waals surface area contributed by atoms with Crippen LogP contribution in [0.15, 0.2) is 30.3 Å². The van der Waals surface area contributed by atoms with E-state index in [1.54, 1.807) is 41.5 Å². The molecule has 9 nitrogen and oxygen atoms in total. The van der Waals surface area contributed by atoms with Crippen LogP contribution in [0.25, 0.3) is 0 Å². The number of hydrogen-bond donors (Lipinski definition) is 3. The van der Waals surface area contributed by atoms with Crippen LogP contribution in [0.1, 0.15) is 59.9 Å². The molecule has 0 saturated heterocycles. The summed E-state index contributed by atoms with van der Waals surface area (Å²) >= 11 is 5.09. The number of alkyl carbamates (subject to hydrolysis) is 2. The molecule has 1 rings (SSSR count). The Labute approximate surface area is 200 Å². The quantitative estimate of drug-likeness (QED) is 0.222. The number of nitrogens with one attached hydrogen (secondary N) is 3. The van der Waals surface area contributed by atoms with Crippen molar-refractivity contribution in [3.05, 3.63) is 35.9 Å². The first-order chi connectivity index (χ1) is 15.2. The highest BCUT2D eigenvalue weighted by molar-refractivity contribution is 7.80. The van der Waals surface area contributed by atoms with Crippen LogP contribution in [0.3, 0.4) is 0 Å². The van der Waals surface area contributed by atoms with Crippen LogP contribution in [0.5, 0.6) is 0 Å². The van der Waals surface area contributed by atoms with Gasteiger partial charge in [0.25, 0.3) is 0 Å². The van der Waals surface area contributed by atoms with E-state index in [-0.39, 0.29) is 18.1 Å². The zero-order valence-corrected chi connectivity index (χ0v) is 21.0. The maximum absolute atomic E-state index is 12.5. The average molecular weight is 482 g/mol. The molecule has 1 aromatic carbocycles. The summed E-state index contributed by atoms with van der Waals surface area (Å²) in [6.45, 7) is 10.9. The van der Waals surface area contributed by atoms with Gasteiger partial charge in [0.2, 0.25) is 0 Å². The molecule has 1 atom stereocenters. The summed E-state index contributed by atoms with van der Waals surface area (Å²) in [4.78, 5) is 36.5. The molecule has 0 spiro atoms. The summed E-state index contributed by atoms with van der Waals surface area (Å²) in [5.74, 6) is -0.557. The zero-order chi connectivity index (χ0) is 25.1. The van der Waals surface area contributed by atoms with Gasteiger partial charge in [0.05, 0.1) is 0 Å². The summed E-state index contributed by atoms with van der Waals surface area (Å²) in [5, 5.41) is 7.96. The molecular formula is C23H35N3O6S. The Balaban J connectivity index is 2.45. The second-order valence-electron chi connectivity index (χ2n) is 9.32. The van der Waals surface area contributed by atoms with E-state index in [2.05, 4.69) is 16.0 Å². The highest BCUT2D eigenvalue weighted by Gasteiger charge is 2.28. The standard InChI is InChI=1S/C23H35N3O6S/c1-22(2,3)31-18(27)17(25-21(29)32-23(4,5)6)13-10-14-24-19(33)26-20(28)30-15-16-11-8-7-9-12-16/h7-9,11-12,17H,10,13-15H2,1-6H3,(H,25,29)(H2,24,26,28,33)/t17-/m0/s1. The molecule has 0 aliphatic rings. The largest absolute Gasteiger partial charge is 0.458 e. The number of amides is 2. The van der Waals surface area contributed by atoms with E-state index in [4.69, 9.17) is 26.4 Å². The van der Waals surface area contributed by atoms with Crippen LogP contribution < -0.4 is 16.0 Å². The number of carbonyl (C=O) groups is 3. The van der Waals surface area contributed by atoms with E-state index in [1.807, 2.05) is 30.3 Å². The third-order valence-corrected chi connectivity index (χ3v) is 4.01. The lowest BCUT2D eigenvalue weighted by Crippen LogP contribution is -2.46. The van der Waals surface area contributed by atoms with Crippen molar-refractivity contribution in [1.82, 2.24) is 16.0 Å². The van der Waals surface area contributed by atoms with Gasteiger partial charge in [-0.2, -0.15) is 0 Å². The maximum Gasteiger partial charge on any atom is 0.413 e. The molecular weight excluding hydrogens is 446 g/mol. The second-order valence-corrected chi connectivity index (χ2v) is 9.73. The van der Waals surface area contributed by atoms with E-state index in [0.29, 0.717) is 13.0 Å². The minimum atomic E-state index is -0.891. The molecule has 0 bridgehead atoms. The molecule has 3 N–H and O–H groups in total. The van der Waals surface area contributed by atoms with Gasteiger partial charge in [-0.1, -0.05) is 30.3 Å². The van der Waals surface area contributed by atoms with E-state index < -0.39 is 35.4 Å². The van der Waals surface area contributed by atoms with Crippen LogP contribution >= 0.6 is 12.2 Å². The molecule has 0 aromatic heterocycles. The molecule has 0 unspecified atom stereocenters. The number of ether oxygens (including phenoxy) is 3. The van der Waals surface area contributed by atoms with Crippen LogP contribution in [-0.4, -0.2) is 47.1 Å². The van der Waals surface area contributed by atoms with Crippen molar-refractivity contribution in [2.24, 2.45) is 0 Å². The van der Waals surface area contributed by atoms with Gasteiger partial charge >= 0.3 is 18.2 Å². The number of carbonyl (C=O) groups excluding carboxylic acids is 3. The van der Waals surface area contributed by atoms with Crippen LogP contribution in [0, 0.1) is 0 Å². The number of thiocarbonyl (C=S) groups is 1. The Kier molecular flexibility index (Phi) is 11.1. The summed E-state index contributed by atoms with van der Waals surface area (Å²) in [7, 11) is 0. The molecule has 2 amide bonds. The van der Waals surface area contributed by atoms with Gasteiger partial charge in [-0.15, -0.1) is 0 Å². The SMILES string of the molecule is CC(C)(C)OC(=O)N[C@@H](CCCNC(=S)NC(=O)OCc1ccccc1)C(=O)OC(C)(C)C. The number of esters is 1. The lowest BCUT2D eigenvalue weighted by atomic mass is 10.1. The fourth-order valence-corrected chi connectivity index (χ4v) is 2.66. The third-order valence-electron chi connectivity index (χ3n) is 3.77. The van der Waals surface area contributed by atoms with Gasteiger partial charge in [-0.3, -0.25) is 5.32 Å². The minimum Gasteiger partial charge on any atom is -0.458 e. The van der Waals surface area contributed by atoms with Gasteiger partial charge in [-0.25, -0.2) is 14.4 Å². The normalized spacial score (nSPS) is 12.2. The Morgan fingerprint density at radius 1 is 0.939 bits per heavy atom. The van der Waals surface area contributed by atoms with Crippen molar-refractivity contribution in [2.45, 2.75) is 78.2 Å². The minimum absolute atomic E-state index is 0.0991. The molecule has 33 heavy (non-hydrogen) atoms. The third kappa shape index (κ3) is 14.0. The number of benzene rings is 1. The summed E-state index contributed by atoms with van der Waals surface area (Å²) in [6, 6.07) is 8.37. The topological polar surface area (TPSA) is 115 Å². The van der Waals surface area contributed by atoms with Crippen molar-refractivity contribution >= 4 is 35.5 Å². The first-order valence-electron chi connectivity index (χ1n) is 10.7. The van der Waals surface area contributed by atoms with Crippen molar-refractivity contribution in [2.75, 3.05) is 6.54 Å². The van der Waals surface area contributed by atoms with E-state index in [9.17, 15) is 14.4 Å². The van der Waals surface area contributed by atoms with E-state index in [1.165, 1.54) is 0 Å². The number of hydrogen-bond acceptors (Lipinski definition) is 7. The smallest absolute Gasteiger partial charge is 0.413 e. The lowest BCUT2D eigenvalue weighted by Gasteiger charge is -2.26. The van der Waals surface area contributed by atoms with Gasteiger partial charge in [0, 0.05) is 6.54 Å². The fraction of sp³-hybridized carbons (Fsp3) is 0.565. The predicted octanol–water partition coefficient (Wildman–Crippen LogP) is 3.80. The van der Waals surface area contributed by atoms with Crippen LogP contribution in [0.4, 0.5) is 9.59 Å². The summed E-state index contributed by atoms with van der Waals surface area (Å²) < 4.78 is 15.7. The van der Waals surface area contributed by atoms with Gasteiger partial charge in [-0.05, 0) is 72.2 Å². The Morgan fingerprint density at radius 3 is 2.12 bits per heavy atom. The van der Waals surface area contributed by atoms with Crippen molar-refractivity contribution in [1.29, 1.82) is 0 Å². The average Bonchev–Trinajstić information content (AvgIpc) is 2.66. The van der Waals surface area contributed by atoms with Crippen molar-refractivity contribution in [3.63, 3.8) is 0 Å². The molecule has 10 heteroatoms. The summed E-state index contributed by atoms with van der Waals surface area (Å²) in [6.07, 6.45) is -0.637. The van der Waals surface area contributed by atoms with E-state index in [0.717, 1.165) is 5.56 Å². The summed E-state index contributed by atoms with van der Waals surface area (Å²) in [5.41, 5.74) is -0.538. The molecule has 0 radical (unpaired) electrons. The lowest BCUT2D eigenvalue weighted by molar-refractivity contribution is -0.157. The first kappa shape index (κ1) is 28.2. The van der Waals surface area contributed by atoms with E-state index >= 15 is 0 Å². The molecule has 1 aromatic rings. The van der Waals surface area contributed by atoms with Gasteiger partial charge in [0.1, 0.15) is 23.9 Å². The van der Waals surface area contributed by atoms with Crippen molar-refractivity contribution < 1.29 is 28.6 Å².